The SMILES string of the molecule is COc1ccc(CNC(=O)c2cccc(CS(=O)(=O)c3ccccc3)c2)cc1OC. The van der Waals surface area contributed by atoms with E-state index in [2.05, 4.69) is 5.32 Å². The van der Waals surface area contributed by atoms with Gasteiger partial charge in [-0.3, -0.25) is 4.79 Å². The number of hydrogen-bond acceptors (Lipinski definition) is 5. The van der Waals surface area contributed by atoms with Crippen molar-refractivity contribution in [2.24, 2.45) is 0 Å². The Morgan fingerprint density at radius 1 is 0.833 bits per heavy atom. The summed E-state index contributed by atoms with van der Waals surface area (Å²) in [6.07, 6.45) is 0. The number of methoxy groups -OCH3 is 2. The largest absolute Gasteiger partial charge is 0.493 e. The van der Waals surface area contributed by atoms with E-state index in [9.17, 15) is 13.2 Å². The molecule has 0 unspecified atom stereocenters. The van der Waals surface area contributed by atoms with Crippen LogP contribution in [0.15, 0.2) is 77.7 Å². The summed E-state index contributed by atoms with van der Waals surface area (Å²) < 4.78 is 35.6. The van der Waals surface area contributed by atoms with Crippen molar-refractivity contribution in [1.82, 2.24) is 5.32 Å². The van der Waals surface area contributed by atoms with Crippen molar-refractivity contribution in [3.05, 3.63) is 89.5 Å². The van der Waals surface area contributed by atoms with Crippen molar-refractivity contribution < 1.29 is 22.7 Å². The monoisotopic (exact) mass is 425 g/mol. The molecule has 156 valence electrons. The van der Waals surface area contributed by atoms with E-state index in [4.69, 9.17) is 9.47 Å². The molecule has 3 aromatic rings. The van der Waals surface area contributed by atoms with Gasteiger partial charge in [0.2, 0.25) is 0 Å². The number of nitrogens with one attached hydrogen (secondary N) is 1. The lowest BCUT2D eigenvalue weighted by molar-refractivity contribution is 0.0950. The van der Waals surface area contributed by atoms with Crippen LogP contribution in [0.2, 0.25) is 0 Å². The van der Waals surface area contributed by atoms with Crippen LogP contribution < -0.4 is 14.8 Å². The van der Waals surface area contributed by atoms with E-state index in [1.807, 2.05) is 6.07 Å². The lowest BCUT2D eigenvalue weighted by Crippen LogP contribution is -2.23. The molecule has 3 aromatic carbocycles. The first-order valence-corrected chi connectivity index (χ1v) is 10.9. The highest BCUT2D eigenvalue weighted by atomic mass is 32.2. The zero-order chi connectivity index (χ0) is 21.6. The van der Waals surface area contributed by atoms with Crippen molar-refractivity contribution in [2.75, 3.05) is 14.2 Å². The van der Waals surface area contributed by atoms with Crippen LogP contribution >= 0.6 is 0 Å². The van der Waals surface area contributed by atoms with E-state index in [1.54, 1.807) is 80.9 Å². The third-order valence-electron chi connectivity index (χ3n) is 4.55. The number of carbonyl (C=O) groups excluding carboxylic acids is 1. The number of sulfone groups is 1. The lowest BCUT2D eigenvalue weighted by Gasteiger charge is -2.11. The second kappa shape index (κ2) is 9.45. The minimum Gasteiger partial charge on any atom is -0.493 e. The van der Waals surface area contributed by atoms with E-state index in [0.717, 1.165) is 5.56 Å². The van der Waals surface area contributed by atoms with Crippen LogP contribution in [0, 0.1) is 0 Å². The predicted molar refractivity (Wildman–Crippen MR) is 114 cm³/mol. The Labute approximate surface area is 176 Å². The zero-order valence-electron chi connectivity index (χ0n) is 16.8. The van der Waals surface area contributed by atoms with Gasteiger partial charge in [-0.1, -0.05) is 36.4 Å². The Hall–Kier alpha value is -3.32. The van der Waals surface area contributed by atoms with Crippen molar-refractivity contribution in [1.29, 1.82) is 0 Å². The van der Waals surface area contributed by atoms with Gasteiger partial charge in [-0.2, -0.15) is 0 Å². The predicted octanol–water partition coefficient (Wildman–Crippen LogP) is 3.61. The summed E-state index contributed by atoms with van der Waals surface area (Å²) in [6.45, 7) is 0.297. The number of amides is 1. The summed E-state index contributed by atoms with van der Waals surface area (Å²) in [4.78, 5) is 12.8. The molecule has 0 fully saturated rings. The van der Waals surface area contributed by atoms with Crippen molar-refractivity contribution >= 4 is 15.7 Å². The van der Waals surface area contributed by atoms with Crippen LogP contribution in [-0.2, 0) is 22.1 Å². The molecule has 0 saturated heterocycles. The molecular formula is C23H23NO5S. The topological polar surface area (TPSA) is 81.7 Å². The molecule has 0 aliphatic heterocycles. The van der Waals surface area contributed by atoms with Gasteiger partial charge in [-0.05, 0) is 47.5 Å². The van der Waals surface area contributed by atoms with Crippen LogP contribution in [0.1, 0.15) is 21.5 Å². The van der Waals surface area contributed by atoms with E-state index < -0.39 is 9.84 Å². The van der Waals surface area contributed by atoms with E-state index in [-0.39, 0.29) is 16.6 Å². The van der Waals surface area contributed by atoms with Gasteiger partial charge in [0, 0.05) is 12.1 Å². The molecule has 0 aromatic heterocycles. The summed E-state index contributed by atoms with van der Waals surface area (Å²) in [5, 5.41) is 2.84. The van der Waals surface area contributed by atoms with Crippen molar-refractivity contribution in [3.8, 4) is 11.5 Å². The average Bonchev–Trinajstić information content (AvgIpc) is 2.77. The maximum atomic E-state index is 12.6. The zero-order valence-corrected chi connectivity index (χ0v) is 17.6. The molecule has 0 atom stereocenters. The molecule has 6 nitrogen and oxygen atoms in total. The fraction of sp³-hybridized carbons (Fsp3) is 0.174. The summed E-state index contributed by atoms with van der Waals surface area (Å²) in [5.41, 5.74) is 1.80. The number of hydrogen-bond donors (Lipinski definition) is 1. The molecule has 1 amide bonds. The molecule has 0 aliphatic carbocycles. The molecule has 3 rings (SSSR count). The Morgan fingerprint density at radius 2 is 1.57 bits per heavy atom. The molecular weight excluding hydrogens is 402 g/mol. The minimum atomic E-state index is -3.48. The number of ether oxygens (including phenoxy) is 2. The Bertz CT molecular complexity index is 1130. The normalized spacial score (nSPS) is 11.0. The molecule has 1 N–H and O–H groups in total. The van der Waals surface area contributed by atoms with Crippen molar-refractivity contribution in [3.63, 3.8) is 0 Å². The van der Waals surface area contributed by atoms with E-state index in [0.29, 0.717) is 29.2 Å². The fourth-order valence-corrected chi connectivity index (χ4v) is 4.36. The maximum absolute atomic E-state index is 12.6. The molecule has 0 heterocycles. The first kappa shape index (κ1) is 21.4. The summed E-state index contributed by atoms with van der Waals surface area (Å²) in [7, 11) is -0.372. The molecule has 0 bridgehead atoms. The van der Waals surface area contributed by atoms with Crippen LogP contribution in [0.5, 0.6) is 11.5 Å². The average molecular weight is 426 g/mol. The number of benzene rings is 3. The standard InChI is InChI=1S/C23H23NO5S/c1-28-21-12-11-17(14-22(21)29-2)15-24-23(25)19-8-6-7-18(13-19)16-30(26,27)20-9-4-3-5-10-20/h3-14H,15-16H2,1-2H3,(H,24,25). The van der Waals surface area contributed by atoms with E-state index >= 15 is 0 Å². The highest BCUT2D eigenvalue weighted by Crippen LogP contribution is 2.27. The highest BCUT2D eigenvalue weighted by Gasteiger charge is 2.16. The lowest BCUT2D eigenvalue weighted by atomic mass is 10.1. The number of carbonyl (C=O) groups is 1. The van der Waals surface area contributed by atoms with E-state index in [1.165, 1.54) is 0 Å². The summed E-state index contributed by atoms with van der Waals surface area (Å²) in [5.74, 6) is 0.731. The second-order valence-electron chi connectivity index (χ2n) is 6.64. The molecule has 30 heavy (non-hydrogen) atoms. The highest BCUT2D eigenvalue weighted by molar-refractivity contribution is 7.90. The summed E-state index contributed by atoms with van der Waals surface area (Å²) in [6, 6.07) is 20.3. The maximum Gasteiger partial charge on any atom is 0.251 e. The molecule has 0 spiro atoms. The Morgan fingerprint density at radius 3 is 2.27 bits per heavy atom. The quantitative estimate of drug-likeness (QED) is 0.596. The van der Waals surface area contributed by atoms with Crippen molar-refractivity contribution in [2.45, 2.75) is 17.2 Å². The molecule has 7 heteroatoms. The van der Waals surface area contributed by atoms with Crippen LogP contribution in [0.3, 0.4) is 0 Å². The van der Waals surface area contributed by atoms with Gasteiger partial charge in [0.1, 0.15) is 0 Å². The van der Waals surface area contributed by atoms with Gasteiger partial charge in [0.15, 0.2) is 21.3 Å². The fourth-order valence-electron chi connectivity index (χ4n) is 3.01. The molecule has 0 saturated carbocycles. The number of rotatable bonds is 8. The van der Waals surface area contributed by atoms with Crippen LogP contribution in [-0.4, -0.2) is 28.5 Å². The second-order valence-corrected chi connectivity index (χ2v) is 8.63. The smallest absolute Gasteiger partial charge is 0.251 e. The molecule has 0 aliphatic rings. The Kier molecular flexibility index (Phi) is 6.74. The summed E-state index contributed by atoms with van der Waals surface area (Å²) >= 11 is 0. The van der Waals surface area contributed by atoms with Crippen LogP contribution in [0.4, 0.5) is 0 Å². The third-order valence-corrected chi connectivity index (χ3v) is 6.25. The van der Waals surface area contributed by atoms with Gasteiger partial charge < -0.3 is 14.8 Å². The van der Waals surface area contributed by atoms with Crippen LogP contribution in [0.25, 0.3) is 0 Å². The van der Waals surface area contributed by atoms with Gasteiger partial charge in [0.05, 0.1) is 24.9 Å². The Balaban J connectivity index is 1.69. The van der Waals surface area contributed by atoms with Gasteiger partial charge >= 0.3 is 0 Å². The van der Waals surface area contributed by atoms with Gasteiger partial charge in [-0.15, -0.1) is 0 Å². The minimum absolute atomic E-state index is 0.173. The first-order chi connectivity index (χ1) is 14.4. The third kappa shape index (κ3) is 5.18. The van der Waals surface area contributed by atoms with Gasteiger partial charge in [0.25, 0.3) is 5.91 Å². The molecule has 0 radical (unpaired) electrons. The first-order valence-electron chi connectivity index (χ1n) is 9.29. The van der Waals surface area contributed by atoms with Gasteiger partial charge in [-0.25, -0.2) is 8.42 Å².